The van der Waals surface area contributed by atoms with Crippen molar-refractivity contribution < 1.29 is 4.79 Å². The summed E-state index contributed by atoms with van der Waals surface area (Å²) >= 11 is 0. The Bertz CT molecular complexity index is 1140. The van der Waals surface area contributed by atoms with E-state index in [1.165, 1.54) is 17.8 Å². The van der Waals surface area contributed by atoms with Gasteiger partial charge >= 0.3 is 5.69 Å². The molecule has 0 saturated carbocycles. The number of carbonyl (C=O) groups is 1. The molecule has 0 bridgehead atoms. The highest BCUT2D eigenvalue weighted by molar-refractivity contribution is 5.78. The third-order valence-electron chi connectivity index (χ3n) is 4.80. The molecule has 1 aromatic carbocycles. The van der Waals surface area contributed by atoms with E-state index in [4.69, 9.17) is 0 Å². The fourth-order valence-corrected chi connectivity index (χ4v) is 3.08. The van der Waals surface area contributed by atoms with Crippen LogP contribution in [0.3, 0.4) is 0 Å². The minimum Gasteiger partial charge on any atom is -0.342 e. The van der Waals surface area contributed by atoms with E-state index in [0.717, 1.165) is 15.7 Å². The van der Waals surface area contributed by atoms with Gasteiger partial charge in [-0.3, -0.25) is 18.7 Å². The van der Waals surface area contributed by atoms with Gasteiger partial charge in [0, 0.05) is 31.9 Å². The van der Waals surface area contributed by atoms with Crippen molar-refractivity contribution >= 4 is 16.9 Å². The summed E-state index contributed by atoms with van der Waals surface area (Å²) in [5.41, 5.74) is 1.01. The average Bonchev–Trinajstić information content (AvgIpc) is 2.70. The van der Waals surface area contributed by atoms with Gasteiger partial charge in [0.15, 0.2) is 11.5 Å². The summed E-state index contributed by atoms with van der Waals surface area (Å²) in [5, 5.41) is 0.199. The first-order valence-electron chi connectivity index (χ1n) is 9.18. The molecule has 28 heavy (non-hydrogen) atoms. The highest BCUT2D eigenvalue weighted by Gasteiger charge is 2.18. The summed E-state index contributed by atoms with van der Waals surface area (Å²) in [6.45, 7) is 6.41. The van der Waals surface area contributed by atoms with E-state index in [-0.39, 0.29) is 23.5 Å². The minimum atomic E-state index is -0.577. The molecule has 2 heterocycles. The van der Waals surface area contributed by atoms with Gasteiger partial charge in [-0.1, -0.05) is 29.8 Å². The Hall–Kier alpha value is -3.29. The largest absolute Gasteiger partial charge is 0.342 e. The van der Waals surface area contributed by atoms with E-state index in [9.17, 15) is 14.4 Å². The Kier molecular flexibility index (Phi) is 5.39. The molecule has 2 aromatic heterocycles. The summed E-state index contributed by atoms with van der Waals surface area (Å²) < 4.78 is 2.23. The highest BCUT2D eigenvalue weighted by atomic mass is 16.2. The molecule has 0 aliphatic rings. The normalized spacial score (nSPS) is 11.0. The van der Waals surface area contributed by atoms with Crippen LogP contribution in [0.15, 0.2) is 40.1 Å². The molecule has 0 radical (unpaired) electrons. The molecule has 0 aliphatic heterocycles. The van der Waals surface area contributed by atoms with Gasteiger partial charge in [-0.2, -0.15) is 0 Å². The van der Waals surface area contributed by atoms with Crippen LogP contribution in [-0.4, -0.2) is 43.0 Å². The summed E-state index contributed by atoms with van der Waals surface area (Å²) in [5.74, 6) is 0.152. The van der Waals surface area contributed by atoms with Crippen molar-refractivity contribution in [2.24, 2.45) is 7.05 Å². The number of aromatic nitrogens is 4. The number of nitrogens with zero attached hydrogens (tertiary/aromatic N) is 5. The standard InChI is InChI=1S/C20H23N5O3/c1-5-24(6-2)16(26)12-25-19(27)15-11-21-17(14-9-7-13(3)8-10-14)22-18(15)23(4)20(25)28/h7-11H,5-6,12H2,1-4H3. The van der Waals surface area contributed by atoms with Gasteiger partial charge in [0.05, 0.1) is 0 Å². The molecule has 0 N–H and O–H groups in total. The molecule has 0 saturated heterocycles. The van der Waals surface area contributed by atoms with Gasteiger partial charge in [-0.25, -0.2) is 14.8 Å². The zero-order chi connectivity index (χ0) is 20.4. The maximum Gasteiger partial charge on any atom is 0.332 e. The van der Waals surface area contributed by atoms with Crippen LogP contribution in [0, 0.1) is 6.92 Å². The number of amides is 1. The fourth-order valence-electron chi connectivity index (χ4n) is 3.08. The first-order chi connectivity index (χ1) is 13.4. The van der Waals surface area contributed by atoms with Crippen LogP contribution >= 0.6 is 0 Å². The van der Waals surface area contributed by atoms with E-state index in [1.54, 1.807) is 4.90 Å². The topological polar surface area (TPSA) is 90.1 Å². The molecule has 8 nitrogen and oxygen atoms in total. The van der Waals surface area contributed by atoms with Crippen molar-refractivity contribution in [1.82, 2.24) is 24.0 Å². The molecular formula is C20H23N5O3. The van der Waals surface area contributed by atoms with E-state index in [2.05, 4.69) is 9.97 Å². The van der Waals surface area contributed by atoms with Crippen LogP contribution in [0.1, 0.15) is 19.4 Å². The second-order valence-corrected chi connectivity index (χ2v) is 6.60. The van der Waals surface area contributed by atoms with Gasteiger partial charge < -0.3 is 4.90 Å². The number of aryl methyl sites for hydroxylation is 2. The van der Waals surface area contributed by atoms with Crippen LogP contribution in [0.2, 0.25) is 0 Å². The van der Waals surface area contributed by atoms with Crippen molar-refractivity contribution in [3.05, 3.63) is 56.9 Å². The second-order valence-electron chi connectivity index (χ2n) is 6.60. The first kappa shape index (κ1) is 19.5. The zero-order valence-corrected chi connectivity index (χ0v) is 16.5. The first-order valence-corrected chi connectivity index (χ1v) is 9.18. The predicted molar refractivity (Wildman–Crippen MR) is 107 cm³/mol. The number of rotatable bonds is 5. The lowest BCUT2D eigenvalue weighted by atomic mass is 10.1. The van der Waals surface area contributed by atoms with Crippen molar-refractivity contribution in [3.8, 4) is 11.4 Å². The van der Waals surface area contributed by atoms with Gasteiger partial charge in [0.2, 0.25) is 5.91 Å². The van der Waals surface area contributed by atoms with E-state index in [1.807, 2.05) is 45.0 Å². The van der Waals surface area contributed by atoms with Crippen molar-refractivity contribution in [2.45, 2.75) is 27.3 Å². The molecule has 0 aliphatic carbocycles. The van der Waals surface area contributed by atoms with Crippen molar-refractivity contribution in [2.75, 3.05) is 13.1 Å². The van der Waals surface area contributed by atoms with Gasteiger partial charge in [-0.15, -0.1) is 0 Å². The fraction of sp³-hybridized carbons (Fsp3) is 0.350. The van der Waals surface area contributed by atoms with Crippen LogP contribution < -0.4 is 11.2 Å². The SMILES string of the molecule is CCN(CC)C(=O)Cn1c(=O)c2cnc(-c3ccc(C)cc3)nc2n(C)c1=O. The van der Waals surface area contributed by atoms with Crippen LogP contribution in [0.4, 0.5) is 0 Å². The lowest BCUT2D eigenvalue weighted by Crippen LogP contribution is -2.44. The van der Waals surface area contributed by atoms with Gasteiger partial charge in [0.25, 0.3) is 5.56 Å². The van der Waals surface area contributed by atoms with E-state index >= 15 is 0 Å². The third kappa shape index (κ3) is 3.45. The van der Waals surface area contributed by atoms with Crippen LogP contribution in [-0.2, 0) is 18.4 Å². The predicted octanol–water partition coefficient (Wildman–Crippen LogP) is 1.33. The summed E-state index contributed by atoms with van der Waals surface area (Å²) in [6.07, 6.45) is 1.41. The molecule has 8 heteroatoms. The molecule has 3 rings (SSSR count). The number of carbonyl (C=O) groups excluding carboxylic acids is 1. The molecule has 0 atom stereocenters. The quantitative estimate of drug-likeness (QED) is 0.665. The third-order valence-corrected chi connectivity index (χ3v) is 4.80. The highest BCUT2D eigenvalue weighted by Crippen LogP contribution is 2.16. The van der Waals surface area contributed by atoms with Gasteiger partial charge in [-0.05, 0) is 20.8 Å². The Morgan fingerprint density at radius 2 is 1.75 bits per heavy atom. The lowest BCUT2D eigenvalue weighted by molar-refractivity contribution is -0.131. The van der Waals surface area contributed by atoms with Crippen molar-refractivity contribution in [1.29, 1.82) is 0 Å². The van der Waals surface area contributed by atoms with E-state index < -0.39 is 11.2 Å². The second kappa shape index (κ2) is 7.75. The maximum absolute atomic E-state index is 12.8. The number of hydrogen-bond acceptors (Lipinski definition) is 5. The van der Waals surface area contributed by atoms with E-state index in [0.29, 0.717) is 18.9 Å². The summed E-state index contributed by atoms with van der Waals surface area (Å²) in [4.78, 5) is 48.2. The molecule has 146 valence electrons. The molecule has 0 spiro atoms. The molecular weight excluding hydrogens is 358 g/mol. The maximum atomic E-state index is 12.8. The van der Waals surface area contributed by atoms with Crippen LogP contribution in [0.5, 0.6) is 0 Å². The average molecular weight is 381 g/mol. The summed E-state index contributed by atoms with van der Waals surface area (Å²) in [6, 6.07) is 7.66. The monoisotopic (exact) mass is 381 g/mol. The zero-order valence-electron chi connectivity index (χ0n) is 16.5. The minimum absolute atomic E-state index is 0.199. The Morgan fingerprint density at radius 1 is 1.11 bits per heavy atom. The molecule has 0 fully saturated rings. The Morgan fingerprint density at radius 3 is 2.36 bits per heavy atom. The molecule has 1 amide bonds. The number of fused-ring (bicyclic) bond motifs is 1. The number of hydrogen-bond donors (Lipinski definition) is 0. The Labute approximate surface area is 162 Å². The smallest absolute Gasteiger partial charge is 0.332 e. The van der Waals surface area contributed by atoms with Gasteiger partial charge in [0.1, 0.15) is 11.9 Å². The number of likely N-dealkylation sites (N-methyl/N-ethyl adjacent to an activating group) is 1. The lowest BCUT2D eigenvalue weighted by Gasteiger charge is -2.19. The van der Waals surface area contributed by atoms with Crippen molar-refractivity contribution in [3.63, 3.8) is 0 Å². The Balaban J connectivity index is 2.12. The summed E-state index contributed by atoms with van der Waals surface area (Å²) in [7, 11) is 1.54. The van der Waals surface area contributed by atoms with Crippen LogP contribution in [0.25, 0.3) is 22.4 Å². The molecule has 3 aromatic rings. The molecule has 0 unspecified atom stereocenters. The number of benzene rings is 1.